The number of esters is 1. The summed E-state index contributed by atoms with van der Waals surface area (Å²) in [4.78, 5) is 14.5. The summed E-state index contributed by atoms with van der Waals surface area (Å²) in [5.74, 6) is -5.25. The average Bonchev–Trinajstić information content (AvgIpc) is 2.66. The Hall–Kier alpha value is -1.24. The van der Waals surface area contributed by atoms with E-state index in [1.54, 1.807) is 7.05 Å². The molecule has 0 radical (unpaired) electrons. The van der Waals surface area contributed by atoms with Crippen LogP contribution >= 0.6 is 11.3 Å². The van der Waals surface area contributed by atoms with E-state index in [0.29, 0.717) is 5.13 Å². The molecule has 4 nitrogen and oxygen atoms in total. The van der Waals surface area contributed by atoms with Gasteiger partial charge in [-0.05, 0) is 6.92 Å². The summed E-state index contributed by atoms with van der Waals surface area (Å²) in [5.41, 5.74) is -0.588. The Morgan fingerprint density at radius 1 is 1.73 bits per heavy atom. The topological polar surface area (TPSA) is 51.2 Å². The molecule has 1 N–H and O–H groups in total. The summed E-state index contributed by atoms with van der Waals surface area (Å²) in [5, 5.41) is 4.07. The number of ether oxygens (including phenoxy) is 1. The number of hydrogen-bond acceptors (Lipinski definition) is 5. The number of hydrogen-bond donors (Lipinski definition) is 1. The van der Waals surface area contributed by atoms with Gasteiger partial charge in [-0.25, -0.2) is 9.78 Å². The summed E-state index contributed by atoms with van der Waals surface area (Å²) >= 11 is 1.00. The summed E-state index contributed by atoms with van der Waals surface area (Å²) in [6.45, 7) is 1.38. The monoisotopic (exact) mass is 236 g/mol. The molecule has 0 atom stereocenters. The van der Waals surface area contributed by atoms with Crippen LogP contribution in [-0.2, 0) is 15.5 Å². The zero-order chi connectivity index (χ0) is 11.5. The molecule has 0 saturated heterocycles. The van der Waals surface area contributed by atoms with Gasteiger partial charge in [0.15, 0.2) is 5.13 Å². The molecule has 0 aliphatic carbocycles. The van der Waals surface area contributed by atoms with Gasteiger partial charge >= 0.3 is 11.9 Å². The Morgan fingerprint density at radius 3 is 2.87 bits per heavy atom. The SMILES string of the molecule is CCOC(=O)C(F)(F)c1csc(NC)n1. The van der Waals surface area contributed by atoms with Crippen molar-refractivity contribution < 1.29 is 18.3 Å². The highest BCUT2D eigenvalue weighted by molar-refractivity contribution is 7.13. The van der Waals surface area contributed by atoms with Crippen LogP contribution < -0.4 is 5.32 Å². The molecular formula is C8H10F2N2O2S. The molecule has 0 spiro atoms. The fourth-order valence-corrected chi connectivity index (χ4v) is 1.55. The van der Waals surface area contributed by atoms with Crippen molar-refractivity contribution >= 4 is 22.4 Å². The predicted octanol–water partition coefficient (Wildman–Crippen LogP) is 1.84. The van der Waals surface area contributed by atoms with E-state index in [-0.39, 0.29) is 6.61 Å². The Morgan fingerprint density at radius 2 is 2.40 bits per heavy atom. The van der Waals surface area contributed by atoms with Crippen molar-refractivity contribution in [2.45, 2.75) is 12.8 Å². The number of anilines is 1. The van der Waals surface area contributed by atoms with Crippen LogP contribution in [0.15, 0.2) is 5.38 Å². The number of alkyl halides is 2. The molecule has 0 unspecified atom stereocenters. The van der Waals surface area contributed by atoms with Gasteiger partial charge in [0.2, 0.25) is 0 Å². The van der Waals surface area contributed by atoms with Gasteiger partial charge in [-0.15, -0.1) is 11.3 Å². The highest BCUT2D eigenvalue weighted by Gasteiger charge is 2.45. The van der Waals surface area contributed by atoms with Crippen molar-refractivity contribution in [2.24, 2.45) is 0 Å². The van der Waals surface area contributed by atoms with Crippen LogP contribution in [0.25, 0.3) is 0 Å². The lowest BCUT2D eigenvalue weighted by atomic mass is 10.3. The van der Waals surface area contributed by atoms with Gasteiger partial charge in [-0.1, -0.05) is 0 Å². The van der Waals surface area contributed by atoms with Crippen LogP contribution in [0.3, 0.4) is 0 Å². The fourth-order valence-electron chi connectivity index (χ4n) is 0.859. The third-order valence-corrected chi connectivity index (χ3v) is 2.43. The molecule has 1 aromatic heterocycles. The van der Waals surface area contributed by atoms with Crippen LogP contribution in [0.4, 0.5) is 13.9 Å². The average molecular weight is 236 g/mol. The maximum Gasteiger partial charge on any atom is 0.385 e. The Bertz CT molecular complexity index is 354. The number of carbonyl (C=O) groups is 1. The van der Waals surface area contributed by atoms with Crippen molar-refractivity contribution in [3.8, 4) is 0 Å². The second-order valence-electron chi connectivity index (χ2n) is 2.58. The summed E-state index contributed by atoms with van der Waals surface area (Å²) in [7, 11) is 1.56. The van der Waals surface area contributed by atoms with E-state index in [1.807, 2.05) is 0 Å². The van der Waals surface area contributed by atoms with Gasteiger partial charge in [0.25, 0.3) is 0 Å². The molecule has 1 aromatic rings. The standard InChI is InChI=1S/C8H10F2N2O2S/c1-3-14-6(13)8(9,10)5-4-15-7(11-2)12-5/h4H,3H2,1-2H3,(H,11,12). The molecule has 0 aliphatic rings. The number of nitrogens with zero attached hydrogens (tertiary/aromatic N) is 1. The number of carbonyl (C=O) groups excluding carboxylic acids is 1. The molecule has 0 saturated carbocycles. The first-order chi connectivity index (χ1) is 7.02. The smallest absolute Gasteiger partial charge is 0.385 e. The fraction of sp³-hybridized carbons (Fsp3) is 0.500. The molecule has 0 fully saturated rings. The van der Waals surface area contributed by atoms with E-state index in [2.05, 4.69) is 15.0 Å². The minimum atomic E-state index is -3.68. The van der Waals surface area contributed by atoms with Gasteiger partial charge < -0.3 is 10.1 Å². The van der Waals surface area contributed by atoms with Crippen LogP contribution in [-0.4, -0.2) is 24.6 Å². The highest BCUT2D eigenvalue weighted by Crippen LogP contribution is 2.31. The minimum Gasteiger partial charge on any atom is -0.461 e. The molecule has 0 aromatic carbocycles. The molecule has 0 bridgehead atoms. The zero-order valence-corrected chi connectivity index (χ0v) is 9.03. The van der Waals surface area contributed by atoms with Crippen molar-refractivity contribution in [3.05, 3.63) is 11.1 Å². The third-order valence-electron chi connectivity index (χ3n) is 1.57. The molecule has 0 aliphatic heterocycles. The lowest BCUT2D eigenvalue weighted by molar-refractivity contribution is -0.173. The second kappa shape index (κ2) is 4.52. The van der Waals surface area contributed by atoms with Gasteiger partial charge in [0.05, 0.1) is 6.61 Å². The quantitative estimate of drug-likeness (QED) is 0.810. The third kappa shape index (κ3) is 2.41. The van der Waals surface area contributed by atoms with Gasteiger partial charge in [0, 0.05) is 12.4 Å². The van der Waals surface area contributed by atoms with Crippen LogP contribution in [0.5, 0.6) is 0 Å². The normalized spacial score (nSPS) is 11.2. The van der Waals surface area contributed by atoms with E-state index in [4.69, 9.17) is 0 Å². The van der Waals surface area contributed by atoms with E-state index in [9.17, 15) is 13.6 Å². The lowest BCUT2D eigenvalue weighted by Gasteiger charge is -2.11. The largest absolute Gasteiger partial charge is 0.461 e. The Balaban J connectivity index is 2.89. The predicted molar refractivity (Wildman–Crippen MR) is 52.2 cm³/mol. The number of aromatic nitrogens is 1. The first kappa shape index (κ1) is 11.8. The number of halogens is 2. The molecule has 84 valence electrons. The summed E-state index contributed by atoms with van der Waals surface area (Å²) in [6, 6.07) is 0. The van der Waals surface area contributed by atoms with Gasteiger partial charge in [-0.2, -0.15) is 8.78 Å². The van der Waals surface area contributed by atoms with Gasteiger partial charge in [-0.3, -0.25) is 0 Å². The first-order valence-electron chi connectivity index (χ1n) is 4.21. The molecule has 1 heterocycles. The number of rotatable bonds is 4. The van der Waals surface area contributed by atoms with E-state index in [0.717, 1.165) is 16.7 Å². The Labute approximate surface area is 89.3 Å². The maximum absolute atomic E-state index is 13.3. The number of nitrogens with one attached hydrogen (secondary N) is 1. The highest BCUT2D eigenvalue weighted by atomic mass is 32.1. The lowest BCUT2D eigenvalue weighted by Crippen LogP contribution is -2.28. The minimum absolute atomic E-state index is 0.0859. The molecule has 1 rings (SSSR count). The van der Waals surface area contributed by atoms with Crippen molar-refractivity contribution in [1.29, 1.82) is 0 Å². The summed E-state index contributed by atoms with van der Waals surface area (Å²) < 4.78 is 30.9. The molecule has 15 heavy (non-hydrogen) atoms. The molecule has 0 amide bonds. The Kier molecular flexibility index (Phi) is 3.57. The molecular weight excluding hydrogens is 226 g/mol. The second-order valence-corrected chi connectivity index (χ2v) is 3.44. The maximum atomic E-state index is 13.3. The van der Waals surface area contributed by atoms with E-state index < -0.39 is 17.6 Å². The molecule has 7 heteroatoms. The van der Waals surface area contributed by atoms with E-state index >= 15 is 0 Å². The number of thiazole rings is 1. The van der Waals surface area contributed by atoms with Gasteiger partial charge in [0.1, 0.15) is 5.69 Å². The van der Waals surface area contributed by atoms with Crippen LogP contribution in [0, 0.1) is 0 Å². The zero-order valence-electron chi connectivity index (χ0n) is 8.21. The van der Waals surface area contributed by atoms with Crippen molar-refractivity contribution in [3.63, 3.8) is 0 Å². The van der Waals surface area contributed by atoms with E-state index in [1.165, 1.54) is 6.92 Å². The first-order valence-corrected chi connectivity index (χ1v) is 5.09. The van der Waals surface area contributed by atoms with Crippen LogP contribution in [0.1, 0.15) is 12.6 Å². The summed E-state index contributed by atoms with van der Waals surface area (Å²) in [6.07, 6.45) is 0. The van der Waals surface area contributed by atoms with Crippen molar-refractivity contribution in [1.82, 2.24) is 4.98 Å². The van der Waals surface area contributed by atoms with Crippen molar-refractivity contribution in [2.75, 3.05) is 19.0 Å². The van der Waals surface area contributed by atoms with Crippen LogP contribution in [0.2, 0.25) is 0 Å².